The second-order valence-electron chi connectivity index (χ2n) is 4.37. The van der Waals surface area contributed by atoms with Gasteiger partial charge in [-0.3, -0.25) is 4.79 Å². The Morgan fingerprint density at radius 1 is 1.35 bits per heavy atom. The van der Waals surface area contributed by atoms with Crippen molar-refractivity contribution in [3.63, 3.8) is 0 Å². The van der Waals surface area contributed by atoms with E-state index in [0.717, 1.165) is 0 Å². The van der Waals surface area contributed by atoms with E-state index in [1.807, 2.05) is 0 Å². The van der Waals surface area contributed by atoms with Crippen molar-refractivity contribution in [1.82, 2.24) is 4.90 Å². The Balaban J connectivity index is 2.27. The molecule has 0 aliphatic carbocycles. The molecule has 7 heteroatoms. The largest absolute Gasteiger partial charge is 0.480 e. The molecular formula is C13H13F2NO3S. The van der Waals surface area contributed by atoms with Gasteiger partial charge in [0.1, 0.15) is 6.04 Å². The zero-order valence-electron chi connectivity index (χ0n) is 10.5. The second kappa shape index (κ2) is 6.21. The zero-order chi connectivity index (χ0) is 14.7. The van der Waals surface area contributed by atoms with Crippen molar-refractivity contribution in [3.8, 4) is 0 Å². The summed E-state index contributed by atoms with van der Waals surface area (Å²) in [6, 6.07) is 5.17. The number of carboxylic acids is 1. The fraction of sp³-hybridized carbons (Fsp3) is 0.385. The Hall–Kier alpha value is -1.63. The summed E-state index contributed by atoms with van der Waals surface area (Å²) in [5.74, 6) is -4.19. The summed E-state index contributed by atoms with van der Waals surface area (Å²) in [4.78, 5) is 24.9. The van der Waals surface area contributed by atoms with Crippen LogP contribution >= 0.6 is 11.8 Å². The van der Waals surface area contributed by atoms with Crippen LogP contribution in [0.1, 0.15) is 23.2 Å². The summed E-state index contributed by atoms with van der Waals surface area (Å²) in [7, 11) is 0. The highest BCUT2D eigenvalue weighted by atomic mass is 32.2. The summed E-state index contributed by atoms with van der Waals surface area (Å²) in [5, 5.41) is 9.08. The van der Waals surface area contributed by atoms with Crippen LogP contribution in [-0.2, 0) is 4.79 Å². The minimum absolute atomic E-state index is 0.131. The van der Waals surface area contributed by atoms with Crippen LogP contribution in [0.5, 0.6) is 0 Å². The topological polar surface area (TPSA) is 57.6 Å². The maximum absolute atomic E-state index is 12.5. The third-order valence-corrected chi connectivity index (χ3v) is 3.92. The van der Waals surface area contributed by atoms with E-state index in [1.54, 1.807) is 12.1 Å². The molecule has 1 N–H and O–H groups in total. The third-order valence-electron chi connectivity index (χ3n) is 3.13. The molecule has 2 rings (SSSR count). The van der Waals surface area contributed by atoms with E-state index < -0.39 is 23.7 Å². The number of carboxylic acid groups (broad SMARTS) is 1. The van der Waals surface area contributed by atoms with Gasteiger partial charge in [0.2, 0.25) is 0 Å². The predicted octanol–water partition coefficient (Wildman–Crippen LogP) is 2.69. The van der Waals surface area contributed by atoms with E-state index in [4.69, 9.17) is 5.11 Å². The van der Waals surface area contributed by atoms with Gasteiger partial charge in [-0.2, -0.15) is 8.78 Å². The molecule has 1 aliphatic heterocycles. The van der Waals surface area contributed by atoms with E-state index in [1.165, 1.54) is 17.0 Å². The van der Waals surface area contributed by atoms with Crippen molar-refractivity contribution in [3.05, 3.63) is 29.8 Å². The molecule has 0 unspecified atom stereocenters. The average molecular weight is 301 g/mol. The number of amides is 1. The molecule has 1 amide bonds. The highest BCUT2D eigenvalue weighted by Crippen LogP contribution is 2.30. The van der Waals surface area contributed by atoms with E-state index >= 15 is 0 Å². The van der Waals surface area contributed by atoms with Gasteiger partial charge in [0.15, 0.2) is 0 Å². The lowest BCUT2D eigenvalue weighted by atomic mass is 10.1. The van der Waals surface area contributed by atoms with Crippen LogP contribution in [-0.4, -0.2) is 40.2 Å². The Kier molecular flexibility index (Phi) is 4.59. The summed E-state index contributed by atoms with van der Waals surface area (Å²) in [6.07, 6.45) is 0.998. The van der Waals surface area contributed by atoms with Gasteiger partial charge in [0.25, 0.3) is 11.7 Å². The number of halogens is 2. The van der Waals surface area contributed by atoms with E-state index in [0.29, 0.717) is 31.1 Å². The van der Waals surface area contributed by atoms with E-state index in [-0.39, 0.29) is 10.5 Å². The Morgan fingerprint density at radius 3 is 2.70 bits per heavy atom. The van der Waals surface area contributed by atoms with Gasteiger partial charge in [0, 0.05) is 11.4 Å². The number of hydrogen-bond donors (Lipinski definition) is 1. The van der Waals surface area contributed by atoms with E-state index in [2.05, 4.69) is 0 Å². The van der Waals surface area contributed by atoms with Gasteiger partial charge >= 0.3 is 5.97 Å². The maximum atomic E-state index is 12.5. The summed E-state index contributed by atoms with van der Waals surface area (Å²) < 4.78 is 25.0. The number of nitrogens with zero attached hydrogens (tertiary/aromatic N) is 1. The first-order chi connectivity index (χ1) is 9.50. The molecule has 0 spiro atoms. The first-order valence-corrected chi connectivity index (χ1v) is 6.96. The number of carbonyl (C=O) groups excluding carboxylic acids is 1. The van der Waals surface area contributed by atoms with Crippen molar-refractivity contribution < 1.29 is 23.5 Å². The molecular weight excluding hydrogens is 288 g/mol. The second-order valence-corrected chi connectivity index (χ2v) is 5.40. The summed E-state index contributed by atoms with van der Waals surface area (Å²) in [5.41, 5.74) is 0.131. The van der Waals surface area contributed by atoms with Crippen LogP contribution < -0.4 is 0 Å². The van der Waals surface area contributed by atoms with Crippen LogP contribution in [0.4, 0.5) is 8.78 Å². The quantitative estimate of drug-likeness (QED) is 0.869. The number of carbonyl (C=O) groups is 2. The number of likely N-dealkylation sites (tertiary alicyclic amines) is 1. The first kappa shape index (κ1) is 14.8. The average Bonchev–Trinajstić information content (AvgIpc) is 2.87. The Labute approximate surface area is 118 Å². The monoisotopic (exact) mass is 301 g/mol. The number of hydrogen-bond acceptors (Lipinski definition) is 3. The molecule has 1 atom stereocenters. The number of thioether (sulfide) groups is 1. The van der Waals surface area contributed by atoms with Gasteiger partial charge in [-0.05, 0) is 25.0 Å². The van der Waals surface area contributed by atoms with Gasteiger partial charge in [-0.1, -0.05) is 23.9 Å². The molecule has 1 aromatic carbocycles. The number of aliphatic carboxylic acids is 1. The third kappa shape index (κ3) is 3.09. The van der Waals surface area contributed by atoms with Gasteiger partial charge in [-0.15, -0.1) is 0 Å². The lowest BCUT2D eigenvalue weighted by molar-refractivity contribution is -0.141. The van der Waals surface area contributed by atoms with Crippen molar-refractivity contribution in [1.29, 1.82) is 0 Å². The zero-order valence-corrected chi connectivity index (χ0v) is 11.3. The fourth-order valence-corrected chi connectivity index (χ4v) is 2.89. The van der Waals surface area contributed by atoms with Crippen molar-refractivity contribution in [2.24, 2.45) is 0 Å². The molecule has 0 saturated carbocycles. The molecule has 0 bridgehead atoms. The molecule has 1 aliphatic rings. The number of alkyl halides is 2. The van der Waals surface area contributed by atoms with Crippen LogP contribution in [0, 0.1) is 0 Å². The van der Waals surface area contributed by atoms with Crippen molar-refractivity contribution >= 4 is 23.6 Å². The van der Waals surface area contributed by atoms with Gasteiger partial charge in [-0.25, -0.2) is 4.79 Å². The normalized spacial score (nSPS) is 18.6. The molecule has 0 aromatic heterocycles. The Morgan fingerprint density at radius 2 is 2.05 bits per heavy atom. The SMILES string of the molecule is O=C(O)[C@@H]1CCCN1C(=O)c1ccccc1SC(F)F. The lowest BCUT2D eigenvalue weighted by Crippen LogP contribution is -2.40. The molecule has 1 aromatic rings. The van der Waals surface area contributed by atoms with Crippen LogP contribution in [0.15, 0.2) is 29.2 Å². The minimum Gasteiger partial charge on any atom is -0.480 e. The van der Waals surface area contributed by atoms with Crippen LogP contribution in [0.2, 0.25) is 0 Å². The lowest BCUT2D eigenvalue weighted by Gasteiger charge is -2.22. The standard InChI is InChI=1S/C13H13F2NO3S/c14-13(15)20-10-6-2-1-4-8(10)11(17)16-7-3-5-9(16)12(18)19/h1-2,4,6,9,13H,3,5,7H2,(H,18,19)/t9-/m0/s1. The highest BCUT2D eigenvalue weighted by Gasteiger charge is 2.35. The summed E-state index contributed by atoms with van der Waals surface area (Å²) in [6.45, 7) is 0.337. The maximum Gasteiger partial charge on any atom is 0.326 e. The van der Waals surface area contributed by atoms with E-state index in [9.17, 15) is 18.4 Å². The van der Waals surface area contributed by atoms with Crippen LogP contribution in [0.25, 0.3) is 0 Å². The number of rotatable bonds is 4. The predicted molar refractivity (Wildman–Crippen MR) is 70.0 cm³/mol. The molecule has 1 saturated heterocycles. The van der Waals surface area contributed by atoms with Gasteiger partial charge in [0.05, 0.1) is 5.56 Å². The molecule has 4 nitrogen and oxygen atoms in total. The minimum atomic E-state index is -2.63. The molecule has 108 valence electrons. The Bertz CT molecular complexity index is 524. The smallest absolute Gasteiger partial charge is 0.326 e. The fourth-order valence-electron chi connectivity index (χ4n) is 2.26. The van der Waals surface area contributed by atoms with Crippen molar-refractivity contribution in [2.75, 3.05) is 6.54 Å². The number of benzene rings is 1. The van der Waals surface area contributed by atoms with Crippen molar-refractivity contribution in [2.45, 2.75) is 29.5 Å². The first-order valence-electron chi connectivity index (χ1n) is 6.08. The van der Waals surface area contributed by atoms with Crippen LogP contribution in [0.3, 0.4) is 0 Å². The molecule has 20 heavy (non-hydrogen) atoms. The summed E-state index contributed by atoms with van der Waals surface area (Å²) >= 11 is 0.294. The molecule has 1 fully saturated rings. The molecule has 0 radical (unpaired) electrons. The highest BCUT2D eigenvalue weighted by molar-refractivity contribution is 7.99. The molecule has 1 heterocycles. The van der Waals surface area contributed by atoms with Gasteiger partial charge < -0.3 is 10.0 Å².